The van der Waals surface area contributed by atoms with E-state index in [-0.39, 0.29) is 0 Å². The Kier molecular flexibility index (Phi) is 4.37. The monoisotopic (exact) mass is 228 g/mol. The first-order valence-electron chi connectivity index (χ1n) is 4.89. The first-order chi connectivity index (χ1) is 7.52. The zero-order valence-corrected chi connectivity index (χ0v) is 9.26. The summed E-state index contributed by atoms with van der Waals surface area (Å²) >= 11 is 0. The Hall–Kier alpha value is -1.49. The maximum atomic E-state index is 13.2. The Morgan fingerprint density at radius 1 is 1.31 bits per heavy atom. The minimum atomic E-state index is -0.845. The molecule has 5 heteroatoms. The number of likely N-dealkylation sites (N-methyl/N-ethyl adjacent to an activating group) is 1. The first-order valence-corrected chi connectivity index (χ1v) is 4.89. The molecule has 0 aromatic heterocycles. The fraction of sp³-hybridized carbons (Fsp3) is 0.364. The SMILES string of the molecule is CN(C)CCNC(=O)c1c(F)cccc1F. The van der Waals surface area contributed by atoms with Crippen LogP contribution < -0.4 is 5.32 Å². The number of hydrogen-bond acceptors (Lipinski definition) is 2. The van der Waals surface area contributed by atoms with E-state index in [0.29, 0.717) is 13.1 Å². The maximum Gasteiger partial charge on any atom is 0.257 e. The Morgan fingerprint density at radius 3 is 2.38 bits per heavy atom. The molecule has 1 amide bonds. The van der Waals surface area contributed by atoms with Crippen molar-refractivity contribution in [2.75, 3.05) is 27.2 Å². The smallest absolute Gasteiger partial charge is 0.257 e. The van der Waals surface area contributed by atoms with Gasteiger partial charge in [0.2, 0.25) is 0 Å². The second-order valence-electron chi connectivity index (χ2n) is 3.66. The fourth-order valence-electron chi connectivity index (χ4n) is 1.20. The van der Waals surface area contributed by atoms with Gasteiger partial charge in [-0.3, -0.25) is 4.79 Å². The van der Waals surface area contributed by atoms with E-state index in [4.69, 9.17) is 0 Å². The van der Waals surface area contributed by atoms with Crippen molar-refractivity contribution in [3.05, 3.63) is 35.4 Å². The molecule has 1 aromatic rings. The van der Waals surface area contributed by atoms with E-state index in [1.54, 1.807) is 0 Å². The van der Waals surface area contributed by atoms with Crippen molar-refractivity contribution in [2.45, 2.75) is 0 Å². The predicted molar refractivity (Wildman–Crippen MR) is 57.2 cm³/mol. The van der Waals surface area contributed by atoms with Gasteiger partial charge < -0.3 is 10.2 Å². The molecular formula is C11H14F2N2O. The van der Waals surface area contributed by atoms with Crippen molar-refractivity contribution in [3.63, 3.8) is 0 Å². The molecule has 0 bridgehead atoms. The van der Waals surface area contributed by atoms with Gasteiger partial charge in [0, 0.05) is 13.1 Å². The number of halogens is 2. The molecule has 0 unspecified atom stereocenters. The molecule has 3 nitrogen and oxygen atoms in total. The second kappa shape index (κ2) is 5.55. The Morgan fingerprint density at radius 2 is 1.88 bits per heavy atom. The van der Waals surface area contributed by atoms with E-state index in [9.17, 15) is 13.6 Å². The van der Waals surface area contributed by atoms with Crippen LogP contribution in [0.4, 0.5) is 8.78 Å². The summed E-state index contributed by atoms with van der Waals surface area (Å²) in [7, 11) is 3.69. The average Bonchev–Trinajstić information content (AvgIpc) is 2.16. The topological polar surface area (TPSA) is 32.3 Å². The molecule has 0 radical (unpaired) electrons. The molecule has 0 heterocycles. The van der Waals surface area contributed by atoms with Gasteiger partial charge in [-0.25, -0.2) is 8.78 Å². The molecule has 0 saturated carbocycles. The van der Waals surface area contributed by atoms with Crippen LogP contribution >= 0.6 is 0 Å². The summed E-state index contributed by atoms with van der Waals surface area (Å²) in [6, 6.07) is 3.34. The maximum absolute atomic E-state index is 13.2. The summed E-state index contributed by atoms with van der Waals surface area (Å²) in [5.41, 5.74) is -0.527. The molecule has 0 aliphatic heterocycles. The quantitative estimate of drug-likeness (QED) is 0.841. The minimum absolute atomic E-state index is 0.347. The third kappa shape index (κ3) is 3.27. The van der Waals surface area contributed by atoms with Crippen molar-refractivity contribution in [3.8, 4) is 0 Å². The van der Waals surface area contributed by atoms with Gasteiger partial charge >= 0.3 is 0 Å². The van der Waals surface area contributed by atoms with Gasteiger partial charge in [0.25, 0.3) is 5.91 Å². The molecule has 1 N–H and O–H groups in total. The lowest BCUT2D eigenvalue weighted by molar-refractivity contribution is 0.0942. The molecule has 0 spiro atoms. The van der Waals surface area contributed by atoms with Crippen LogP contribution in [-0.4, -0.2) is 38.0 Å². The number of amides is 1. The molecule has 1 aromatic carbocycles. The van der Waals surface area contributed by atoms with Gasteiger partial charge in [0.1, 0.15) is 17.2 Å². The van der Waals surface area contributed by atoms with E-state index >= 15 is 0 Å². The van der Waals surface area contributed by atoms with Crippen LogP contribution in [0.15, 0.2) is 18.2 Å². The van der Waals surface area contributed by atoms with E-state index in [1.807, 2.05) is 19.0 Å². The highest BCUT2D eigenvalue weighted by Crippen LogP contribution is 2.11. The summed E-state index contributed by atoms with van der Waals surface area (Å²) < 4.78 is 26.4. The molecule has 0 saturated heterocycles. The third-order valence-electron chi connectivity index (χ3n) is 2.03. The van der Waals surface area contributed by atoms with E-state index in [0.717, 1.165) is 12.1 Å². The van der Waals surface area contributed by atoms with Crippen molar-refractivity contribution in [2.24, 2.45) is 0 Å². The molecule has 1 rings (SSSR count). The number of rotatable bonds is 4. The average molecular weight is 228 g/mol. The highest BCUT2D eigenvalue weighted by atomic mass is 19.1. The van der Waals surface area contributed by atoms with Crippen molar-refractivity contribution in [1.82, 2.24) is 10.2 Å². The van der Waals surface area contributed by atoms with Gasteiger partial charge in [0.05, 0.1) is 0 Å². The number of benzene rings is 1. The highest BCUT2D eigenvalue weighted by molar-refractivity contribution is 5.94. The van der Waals surface area contributed by atoms with E-state index in [2.05, 4.69) is 5.32 Å². The third-order valence-corrected chi connectivity index (χ3v) is 2.03. The number of nitrogens with zero attached hydrogens (tertiary/aromatic N) is 1. The number of hydrogen-bond donors (Lipinski definition) is 1. The van der Waals surface area contributed by atoms with Crippen LogP contribution in [0.2, 0.25) is 0 Å². The number of carbonyl (C=O) groups excluding carboxylic acids is 1. The molecule has 0 aliphatic carbocycles. The van der Waals surface area contributed by atoms with Crippen LogP contribution in [0.3, 0.4) is 0 Å². The summed E-state index contributed by atoms with van der Waals surface area (Å²) in [5.74, 6) is -2.41. The van der Waals surface area contributed by atoms with E-state index in [1.165, 1.54) is 6.07 Å². The molecule has 0 fully saturated rings. The number of carbonyl (C=O) groups is 1. The summed E-state index contributed by atoms with van der Waals surface area (Å²) in [6.07, 6.45) is 0. The van der Waals surface area contributed by atoms with Crippen LogP contribution in [0, 0.1) is 11.6 Å². The molecule has 0 atom stereocenters. The fourth-order valence-corrected chi connectivity index (χ4v) is 1.20. The van der Waals surface area contributed by atoms with Crippen molar-refractivity contribution < 1.29 is 13.6 Å². The standard InChI is InChI=1S/C11H14F2N2O/c1-15(2)7-6-14-11(16)10-8(12)4-3-5-9(10)13/h3-5H,6-7H2,1-2H3,(H,14,16). The van der Waals surface area contributed by atoms with Gasteiger partial charge in [-0.2, -0.15) is 0 Å². The normalized spacial score (nSPS) is 10.6. The van der Waals surface area contributed by atoms with Crippen molar-refractivity contribution in [1.29, 1.82) is 0 Å². The summed E-state index contributed by atoms with van der Waals surface area (Å²) in [6.45, 7) is 0.960. The van der Waals surface area contributed by atoms with Gasteiger partial charge in [-0.05, 0) is 26.2 Å². The Labute approximate surface area is 93.1 Å². The van der Waals surface area contributed by atoms with Gasteiger partial charge in [-0.15, -0.1) is 0 Å². The predicted octanol–water partition coefficient (Wildman–Crippen LogP) is 1.26. The lowest BCUT2D eigenvalue weighted by atomic mass is 10.2. The van der Waals surface area contributed by atoms with Gasteiger partial charge in [-0.1, -0.05) is 6.07 Å². The zero-order valence-electron chi connectivity index (χ0n) is 9.26. The summed E-state index contributed by atoms with van der Waals surface area (Å²) in [5, 5.41) is 2.45. The minimum Gasteiger partial charge on any atom is -0.351 e. The largest absolute Gasteiger partial charge is 0.351 e. The summed E-state index contributed by atoms with van der Waals surface area (Å²) in [4.78, 5) is 13.3. The number of nitrogens with one attached hydrogen (secondary N) is 1. The van der Waals surface area contributed by atoms with Gasteiger partial charge in [0.15, 0.2) is 0 Å². The lowest BCUT2D eigenvalue weighted by Crippen LogP contribution is -2.32. The first kappa shape index (κ1) is 12.6. The van der Waals surface area contributed by atoms with E-state index < -0.39 is 23.1 Å². The van der Waals surface area contributed by atoms with Crippen LogP contribution in [0.5, 0.6) is 0 Å². The molecule has 88 valence electrons. The molecule has 0 aliphatic rings. The Balaban J connectivity index is 2.66. The van der Waals surface area contributed by atoms with Crippen molar-refractivity contribution >= 4 is 5.91 Å². The highest BCUT2D eigenvalue weighted by Gasteiger charge is 2.16. The van der Waals surface area contributed by atoms with Crippen LogP contribution in [0.1, 0.15) is 10.4 Å². The zero-order chi connectivity index (χ0) is 12.1. The second-order valence-corrected chi connectivity index (χ2v) is 3.66. The lowest BCUT2D eigenvalue weighted by Gasteiger charge is -2.10. The molecular weight excluding hydrogens is 214 g/mol. The van der Waals surface area contributed by atoms with Crippen LogP contribution in [0.25, 0.3) is 0 Å². The molecule has 16 heavy (non-hydrogen) atoms. The van der Waals surface area contributed by atoms with Crippen LogP contribution in [-0.2, 0) is 0 Å². The Bertz CT molecular complexity index is 360.